The van der Waals surface area contributed by atoms with Crippen molar-refractivity contribution in [2.24, 2.45) is 0 Å². The molecule has 0 aliphatic carbocycles. The SMILES string of the molecule is CC(C)(C)[Si](C)(C(C)(C)C)[Si]1([Si](C)(C(C)(C)C)C(C)(C)C)CC(c2ccccc2)[Si@]2([Si](C)(C(C)(C)C)C(C)(C)C)C=C(c3ccccc3)[Si@]12[Si](C)(C(C)(C)C)C(C)(C)C. The van der Waals surface area contributed by atoms with Crippen LogP contribution in [0.2, 0.25) is 72.5 Å². The summed E-state index contributed by atoms with van der Waals surface area (Å²) in [7, 11) is -12.1. The average Bonchev–Trinajstić information content (AvgIpc) is 3.23. The van der Waals surface area contributed by atoms with Gasteiger partial charge in [-0.3, -0.25) is 0 Å². The Bertz CT molecular complexity index is 1780. The molecule has 0 nitrogen and oxygen atoms in total. The topological polar surface area (TPSA) is 0 Å². The second kappa shape index (κ2) is 14.3. The maximum absolute atomic E-state index is 3.37. The van der Waals surface area contributed by atoms with Crippen molar-refractivity contribution < 1.29 is 0 Å². The van der Waals surface area contributed by atoms with Gasteiger partial charge in [-0.15, -0.1) is 0 Å². The van der Waals surface area contributed by atoms with Crippen molar-refractivity contribution in [3.8, 4) is 0 Å². The van der Waals surface area contributed by atoms with Crippen molar-refractivity contribution in [2.45, 2.75) is 244 Å². The first-order valence-electron chi connectivity index (χ1n) is 23.7. The van der Waals surface area contributed by atoms with Gasteiger partial charge in [-0.05, 0) is 57.0 Å². The van der Waals surface area contributed by atoms with E-state index < -0.39 is 50.7 Å². The van der Waals surface area contributed by atoms with E-state index in [0.717, 1.165) is 0 Å². The lowest BCUT2D eigenvalue weighted by Gasteiger charge is -2.84. The molecule has 0 spiro atoms. The molecule has 2 aliphatic rings. The number of rotatable bonds is 6. The Morgan fingerprint density at radius 2 is 0.678 bits per heavy atom. The van der Waals surface area contributed by atoms with Crippen LogP contribution in [0.1, 0.15) is 183 Å². The molecule has 334 valence electrons. The number of fused-ring (bicyclic) bond motifs is 1. The molecular weight excluding hydrogens is 821 g/mol. The summed E-state index contributed by atoms with van der Waals surface area (Å²) in [5, 5.41) is 3.88. The van der Waals surface area contributed by atoms with Crippen molar-refractivity contribution in [3.05, 3.63) is 77.5 Å². The quantitative estimate of drug-likeness (QED) is 0.253. The zero-order valence-electron chi connectivity index (χ0n) is 44.6. The standard InChI is InChI=1S/C52H98Si7/c1-45(2,3)53(25,46(4,5)6)57-39-44(42-37-33-30-34-38-42)59(57,56(28,51(19,20)21)52(22,23)24)58(40-43(57)41-35-31-29-32-36-41,54(26,47(7,8)9)48(10,11)12)55(27,49(13,14)15)50(16,17)18/h29-39,43H,40H2,1-28H3/t43?,57-,59+/m0/s1. The fourth-order valence-electron chi connectivity index (χ4n) is 17.2. The average molecular weight is 920 g/mol. The highest BCUT2D eigenvalue weighted by Crippen LogP contribution is 2.83. The van der Waals surface area contributed by atoms with Gasteiger partial charge in [0.2, 0.25) is 0 Å². The summed E-state index contributed by atoms with van der Waals surface area (Å²) in [6, 6.07) is 26.6. The highest BCUT2D eigenvalue weighted by molar-refractivity contribution is 8.21. The first-order chi connectivity index (χ1) is 25.9. The molecule has 59 heavy (non-hydrogen) atoms. The van der Waals surface area contributed by atoms with Crippen LogP contribution in [-0.2, 0) is 0 Å². The van der Waals surface area contributed by atoms with Crippen LogP contribution in [0, 0.1) is 0 Å². The maximum atomic E-state index is 3.37. The molecule has 0 amide bonds. The Balaban J connectivity index is 2.87. The third kappa shape index (κ3) is 6.07. The minimum absolute atomic E-state index is 0.217. The normalized spacial score (nSPS) is 24.4. The second-order valence-corrected chi connectivity index (χ2v) is 99.0. The van der Waals surface area contributed by atoms with Gasteiger partial charge < -0.3 is 0 Å². The van der Waals surface area contributed by atoms with Crippen LogP contribution in [0.3, 0.4) is 0 Å². The molecule has 2 heterocycles. The molecule has 0 N–H and O–H groups in total. The molecule has 0 radical (unpaired) electrons. The van der Waals surface area contributed by atoms with Gasteiger partial charge in [0.15, 0.2) is 0 Å². The second-order valence-electron chi connectivity index (χ2n) is 29.1. The smallest absolute Gasteiger partial charge is 0.0734 e. The summed E-state index contributed by atoms with van der Waals surface area (Å²) in [4.78, 5) is 0. The number of benzene rings is 2. The van der Waals surface area contributed by atoms with E-state index in [9.17, 15) is 0 Å². The minimum atomic E-state index is -2.68. The van der Waals surface area contributed by atoms with Gasteiger partial charge in [-0.1, -0.05) is 270 Å². The van der Waals surface area contributed by atoms with Gasteiger partial charge in [0.05, 0.1) is 44.1 Å². The van der Waals surface area contributed by atoms with Crippen molar-refractivity contribution in [1.82, 2.24) is 0 Å². The van der Waals surface area contributed by atoms with Gasteiger partial charge in [0, 0.05) is 6.63 Å². The molecule has 4 rings (SSSR count). The van der Waals surface area contributed by atoms with Crippen LogP contribution in [0.15, 0.2) is 66.4 Å². The van der Waals surface area contributed by atoms with Gasteiger partial charge in [-0.2, -0.15) is 0 Å². The summed E-state index contributed by atoms with van der Waals surface area (Å²) in [5.74, 6) is 0. The fraction of sp³-hybridized carbons (Fsp3) is 0.731. The van der Waals surface area contributed by atoms with Crippen molar-refractivity contribution >= 4 is 55.9 Å². The van der Waals surface area contributed by atoms with E-state index in [-0.39, 0.29) is 40.3 Å². The van der Waals surface area contributed by atoms with E-state index in [1.54, 1.807) is 17.2 Å². The lowest BCUT2D eigenvalue weighted by atomic mass is 10.2. The summed E-state index contributed by atoms with van der Waals surface area (Å²) in [6.07, 6.45) is 0. The van der Waals surface area contributed by atoms with Gasteiger partial charge in [-0.25, -0.2) is 0 Å². The Kier molecular flexibility index (Phi) is 12.5. The monoisotopic (exact) mass is 919 g/mol. The Morgan fingerprint density at radius 1 is 0.390 bits per heavy atom. The predicted octanol–water partition coefficient (Wildman–Crippen LogP) is 18.0. The zero-order valence-corrected chi connectivity index (χ0v) is 51.6. The molecule has 1 saturated heterocycles. The Morgan fingerprint density at radius 3 is 0.966 bits per heavy atom. The van der Waals surface area contributed by atoms with Crippen LogP contribution in [0.5, 0.6) is 0 Å². The van der Waals surface area contributed by atoms with Crippen molar-refractivity contribution in [3.63, 3.8) is 0 Å². The number of hydrogen-bond acceptors (Lipinski definition) is 0. The van der Waals surface area contributed by atoms with Crippen LogP contribution in [0.25, 0.3) is 5.20 Å². The summed E-state index contributed by atoms with van der Waals surface area (Å²) < 4.78 is 0. The van der Waals surface area contributed by atoms with Crippen LogP contribution < -0.4 is 0 Å². The van der Waals surface area contributed by atoms with Crippen LogP contribution >= 0.6 is 0 Å². The maximum Gasteiger partial charge on any atom is 0.0734 e. The summed E-state index contributed by atoms with van der Waals surface area (Å²) in [5.41, 5.74) is 7.44. The van der Waals surface area contributed by atoms with Crippen LogP contribution in [-0.4, -0.2) is 50.7 Å². The largest absolute Gasteiger partial charge is 0.0995 e. The van der Waals surface area contributed by atoms with E-state index in [4.69, 9.17) is 0 Å². The van der Waals surface area contributed by atoms with Gasteiger partial charge >= 0.3 is 0 Å². The Labute approximate surface area is 375 Å². The fourth-order valence-corrected chi connectivity index (χ4v) is 314. The first-order valence-corrected chi connectivity index (χ1v) is 46.1. The van der Waals surface area contributed by atoms with Gasteiger partial charge in [0.25, 0.3) is 0 Å². The van der Waals surface area contributed by atoms with E-state index in [1.807, 2.05) is 5.20 Å². The highest BCUT2D eigenvalue weighted by atomic mass is 30.2. The van der Waals surface area contributed by atoms with Crippen molar-refractivity contribution in [2.75, 3.05) is 0 Å². The number of hydrogen-bond donors (Lipinski definition) is 0. The summed E-state index contributed by atoms with van der Waals surface area (Å²) in [6.45, 7) is 74.8. The van der Waals surface area contributed by atoms with E-state index in [2.05, 4.69) is 259 Å². The van der Waals surface area contributed by atoms with E-state index in [0.29, 0.717) is 5.54 Å². The molecule has 0 aromatic heterocycles. The highest BCUT2D eigenvalue weighted by Gasteiger charge is 2.98. The van der Waals surface area contributed by atoms with Crippen LogP contribution in [0.4, 0.5) is 0 Å². The zero-order chi connectivity index (χ0) is 46.3. The van der Waals surface area contributed by atoms with Crippen molar-refractivity contribution in [1.29, 1.82) is 0 Å². The molecule has 1 fully saturated rings. The van der Waals surface area contributed by atoms with Gasteiger partial charge in [0.1, 0.15) is 0 Å². The molecule has 2 aromatic rings. The van der Waals surface area contributed by atoms with E-state index >= 15 is 0 Å². The lowest BCUT2D eigenvalue weighted by Crippen LogP contribution is -3.07. The third-order valence-electron chi connectivity index (χ3n) is 20.7. The third-order valence-corrected chi connectivity index (χ3v) is 182. The predicted molar refractivity (Wildman–Crippen MR) is 290 cm³/mol. The molecule has 1 unspecified atom stereocenters. The molecule has 0 bridgehead atoms. The minimum Gasteiger partial charge on any atom is -0.0995 e. The Hall–Kier alpha value is -0.302. The lowest BCUT2D eigenvalue weighted by molar-refractivity contribution is 0.621. The molecular formula is C52H98Si7. The molecule has 3 atom stereocenters. The molecule has 2 aliphatic heterocycles. The van der Waals surface area contributed by atoms with E-state index in [1.165, 1.54) is 0 Å². The summed E-state index contributed by atoms with van der Waals surface area (Å²) >= 11 is 0. The molecule has 7 heteroatoms. The molecule has 2 aromatic carbocycles. The first kappa shape index (κ1) is 51.3. The molecule has 0 saturated carbocycles.